The summed E-state index contributed by atoms with van der Waals surface area (Å²) in [5.74, 6) is 1.25. The number of pyridine rings is 1. The van der Waals surface area contributed by atoms with Crippen molar-refractivity contribution in [3.8, 4) is 5.88 Å². The van der Waals surface area contributed by atoms with Crippen molar-refractivity contribution in [1.29, 1.82) is 0 Å². The van der Waals surface area contributed by atoms with Gasteiger partial charge >= 0.3 is 0 Å². The van der Waals surface area contributed by atoms with E-state index in [0.717, 1.165) is 18.7 Å². The summed E-state index contributed by atoms with van der Waals surface area (Å²) < 4.78 is 5.72. The van der Waals surface area contributed by atoms with Gasteiger partial charge in [0.1, 0.15) is 6.10 Å². The average Bonchev–Trinajstić information content (AvgIpc) is 2.16. The molecule has 82 valence electrons. The molecule has 0 unspecified atom stereocenters. The Hall–Kier alpha value is -1.09. The number of nitrogens with zero attached hydrogens (tertiary/aromatic N) is 1. The Morgan fingerprint density at radius 1 is 1.47 bits per heavy atom. The summed E-state index contributed by atoms with van der Waals surface area (Å²) in [5, 5.41) is 0. The SMILES string of the molecule is CC(C)c1ccnc(O[C@H]2C[C@@H](N)C2)c1. The molecule has 3 nitrogen and oxygen atoms in total. The third-order valence-electron chi connectivity index (χ3n) is 2.84. The van der Waals surface area contributed by atoms with E-state index in [1.807, 2.05) is 18.3 Å². The second-order valence-electron chi connectivity index (χ2n) is 4.55. The van der Waals surface area contributed by atoms with Crippen LogP contribution in [0.3, 0.4) is 0 Å². The molecule has 0 aliphatic heterocycles. The largest absolute Gasteiger partial charge is 0.474 e. The van der Waals surface area contributed by atoms with E-state index in [-0.39, 0.29) is 6.10 Å². The minimum atomic E-state index is 0.273. The number of hydrogen-bond donors (Lipinski definition) is 1. The zero-order valence-electron chi connectivity index (χ0n) is 9.31. The van der Waals surface area contributed by atoms with Crippen molar-refractivity contribution in [2.75, 3.05) is 0 Å². The zero-order chi connectivity index (χ0) is 10.8. The maximum Gasteiger partial charge on any atom is 0.213 e. The van der Waals surface area contributed by atoms with E-state index < -0.39 is 0 Å². The van der Waals surface area contributed by atoms with Gasteiger partial charge in [-0.25, -0.2) is 4.98 Å². The lowest BCUT2D eigenvalue weighted by atomic mass is 9.90. The van der Waals surface area contributed by atoms with E-state index in [4.69, 9.17) is 10.5 Å². The van der Waals surface area contributed by atoms with Crippen LogP contribution in [-0.2, 0) is 0 Å². The molecule has 1 heterocycles. The number of nitrogens with two attached hydrogens (primary N) is 1. The fraction of sp³-hybridized carbons (Fsp3) is 0.583. The number of rotatable bonds is 3. The molecule has 1 aliphatic carbocycles. The minimum Gasteiger partial charge on any atom is -0.474 e. The Morgan fingerprint density at radius 3 is 2.80 bits per heavy atom. The highest BCUT2D eigenvalue weighted by Crippen LogP contribution is 2.25. The van der Waals surface area contributed by atoms with Crippen LogP contribution in [0.15, 0.2) is 18.3 Å². The molecular weight excluding hydrogens is 188 g/mol. The lowest BCUT2D eigenvalue weighted by Gasteiger charge is -2.32. The number of hydrogen-bond acceptors (Lipinski definition) is 3. The maximum atomic E-state index is 5.72. The Balaban J connectivity index is 1.99. The molecule has 0 aromatic carbocycles. The fourth-order valence-electron chi connectivity index (χ4n) is 1.72. The van der Waals surface area contributed by atoms with Crippen molar-refractivity contribution in [2.24, 2.45) is 5.73 Å². The molecule has 2 rings (SSSR count). The van der Waals surface area contributed by atoms with E-state index in [1.54, 1.807) is 0 Å². The average molecular weight is 206 g/mol. The second kappa shape index (κ2) is 4.19. The second-order valence-corrected chi connectivity index (χ2v) is 4.55. The molecular formula is C12H18N2O. The van der Waals surface area contributed by atoms with E-state index in [0.29, 0.717) is 12.0 Å². The molecule has 0 spiro atoms. The standard InChI is InChI=1S/C12H18N2O/c1-8(2)9-3-4-14-12(5-9)15-11-6-10(13)7-11/h3-5,8,10-11H,6-7,13H2,1-2H3/t10-,11+. The van der Waals surface area contributed by atoms with Crippen LogP contribution in [0.4, 0.5) is 0 Å². The Kier molecular flexibility index (Phi) is 2.91. The molecule has 0 amide bonds. The molecule has 0 atom stereocenters. The lowest BCUT2D eigenvalue weighted by molar-refractivity contribution is 0.0957. The van der Waals surface area contributed by atoms with Crippen molar-refractivity contribution in [3.63, 3.8) is 0 Å². The molecule has 1 saturated carbocycles. The van der Waals surface area contributed by atoms with E-state index in [1.165, 1.54) is 5.56 Å². The predicted molar refractivity (Wildman–Crippen MR) is 60.0 cm³/mol. The first-order valence-corrected chi connectivity index (χ1v) is 5.53. The molecule has 3 heteroatoms. The summed E-state index contributed by atoms with van der Waals surface area (Å²) in [6, 6.07) is 4.38. The molecule has 1 aliphatic rings. The zero-order valence-corrected chi connectivity index (χ0v) is 9.31. The van der Waals surface area contributed by atoms with Gasteiger partial charge < -0.3 is 10.5 Å². The van der Waals surface area contributed by atoms with Crippen LogP contribution in [0.1, 0.15) is 38.2 Å². The van der Waals surface area contributed by atoms with Crippen molar-refractivity contribution in [3.05, 3.63) is 23.9 Å². The van der Waals surface area contributed by atoms with Crippen molar-refractivity contribution in [2.45, 2.75) is 44.8 Å². The first-order valence-electron chi connectivity index (χ1n) is 5.53. The fourth-order valence-corrected chi connectivity index (χ4v) is 1.72. The first-order chi connectivity index (χ1) is 7.15. The summed E-state index contributed by atoms with van der Waals surface area (Å²) in [6.45, 7) is 4.33. The highest BCUT2D eigenvalue weighted by Gasteiger charge is 2.27. The van der Waals surface area contributed by atoms with Crippen LogP contribution < -0.4 is 10.5 Å². The van der Waals surface area contributed by atoms with Gasteiger partial charge in [0.2, 0.25) is 5.88 Å². The van der Waals surface area contributed by atoms with Crippen molar-refractivity contribution >= 4 is 0 Å². The summed E-state index contributed by atoms with van der Waals surface area (Å²) >= 11 is 0. The summed E-state index contributed by atoms with van der Waals surface area (Å²) in [5.41, 5.74) is 6.97. The molecule has 1 aromatic rings. The monoisotopic (exact) mass is 206 g/mol. The Labute approximate surface area is 90.7 Å². The van der Waals surface area contributed by atoms with Gasteiger partial charge in [0.15, 0.2) is 0 Å². The third-order valence-corrected chi connectivity index (χ3v) is 2.84. The van der Waals surface area contributed by atoms with E-state index >= 15 is 0 Å². The Bertz CT molecular complexity index is 332. The Morgan fingerprint density at radius 2 is 2.20 bits per heavy atom. The van der Waals surface area contributed by atoms with Crippen LogP contribution in [0.25, 0.3) is 0 Å². The molecule has 15 heavy (non-hydrogen) atoms. The first kappa shape index (κ1) is 10.4. The molecule has 1 aromatic heterocycles. The molecule has 0 bridgehead atoms. The maximum absolute atomic E-state index is 5.72. The van der Waals surface area contributed by atoms with Gasteiger partial charge in [-0.05, 0) is 30.4 Å². The normalized spacial score (nSPS) is 25.1. The summed E-state index contributed by atoms with van der Waals surface area (Å²) in [7, 11) is 0. The van der Waals surface area contributed by atoms with Crippen LogP contribution in [0.5, 0.6) is 5.88 Å². The highest BCUT2D eigenvalue weighted by molar-refractivity contribution is 5.23. The van der Waals surface area contributed by atoms with Crippen molar-refractivity contribution in [1.82, 2.24) is 4.98 Å². The smallest absolute Gasteiger partial charge is 0.213 e. The van der Waals surface area contributed by atoms with Crippen LogP contribution in [-0.4, -0.2) is 17.1 Å². The molecule has 0 radical (unpaired) electrons. The van der Waals surface area contributed by atoms with Gasteiger partial charge in [-0.15, -0.1) is 0 Å². The van der Waals surface area contributed by atoms with Gasteiger partial charge in [0, 0.05) is 18.3 Å². The minimum absolute atomic E-state index is 0.273. The third kappa shape index (κ3) is 2.48. The van der Waals surface area contributed by atoms with Gasteiger partial charge in [-0.3, -0.25) is 0 Å². The summed E-state index contributed by atoms with van der Waals surface area (Å²) in [6.07, 6.45) is 3.99. The topological polar surface area (TPSA) is 48.1 Å². The van der Waals surface area contributed by atoms with Gasteiger partial charge in [0.05, 0.1) is 0 Å². The van der Waals surface area contributed by atoms with Crippen molar-refractivity contribution < 1.29 is 4.74 Å². The molecule has 0 saturated heterocycles. The summed E-state index contributed by atoms with van der Waals surface area (Å²) in [4.78, 5) is 4.21. The van der Waals surface area contributed by atoms with Gasteiger partial charge in [0.25, 0.3) is 0 Å². The highest BCUT2D eigenvalue weighted by atomic mass is 16.5. The molecule has 2 N–H and O–H groups in total. The van der Waals surface area contributed by atoms with Gasteiger partial charge in [-0.1, -0.05) is 13.8 Å². The predicted octanol–water partition coefficient (Wildman–Crippen LogP) is 2.07. The number of ether oxygens (including phenoxy) is 1. The lowest BCUT2D eigenvalue weighted by Crippen LogP contribution is -2.43. The quantitative estimate of drug-likeness (QED) is 0.823. The van der Waals surface area contributed by atoms with Crippen LogP contribution >= 0.6 is 0 Å². The molecule has 1 fully saturated rings. The van der Waals surface area contributed by atoms with Crippen LogP contribution in [0.2, 0.25) is 0 Å². The van der Waals surface area contributed by atoms with Crippen LogP contribution in [0, 0.1) is 0 Å². The van der Waals surface area contributed by atoms with E-state index in [2.05, 4.69) is 18.8 Å². The van der Waals surface area contributed by atoms with Gasteiger partial charge in [-0.2, -0.15) is 0 Å². The van der Waals surface area contributed by atoms with E-state index in [9.17, 15) is 0 Å². The number of aromatic nitrogens is 1.